The van der Waals surface area contributed by atoms with Crippen LogP contribution in [-0.2, 0) is 21.5 Å². The summed E-state index contributed by atoms with van der Waals surface area (Å²) >= 11 is 0. The van der Waals surface area contributed by atoms with Gasteiger partial charge in [-0.3, -0.25) is 0 Å². The van der Waals surface area contributed by atoms with Crippen molar-refractivity contribution in [3.05, 3.63) is 35.4 Å². The van der Waals surface area contributed by atoms with Crippen molar-refractivity contribution in [2.24, 2.45) is 0 Å². The fourth-order valence-electron chi connectivity index (χ4n) is 2.81. The Morgan fingerprint density at radius 2 is 2.31 bits per heavy atom. The fraction of sp³-hybridized carbons (Fsp3) is 0.538. The van der Waals surface area contributed by atoms with Crippen LogP contribution in [0.15, 0.2) is 24.3 Å². The maximum absolute atomic E-state index is 6.13. The molecule has 2 aliphatic rings. The fourth-order valence-corrected chi connectivity index (χ4v) is 2.81. The maximum atomic E-state index is 6.13. The van der Waals surface area contributed by atoms with E-state index in [-0.39, 0.29) is 11.9 Å². The number of hydrogen-bond acceptors (Lipinski definition) is 3. The summed E-state index contributed by atoms with van der Waals surface area (Å²) in [5.74, 6) is 0. The van der Waals surface area contributed by atoms with E-state index in [1.807, 2.05) is 0 Å². The van der Waals surface area contributed by atoms with Gasteiger partial charge in [0.2, 0.25) is 0 Å². The standard InChI is InChI=1S/C13H17NO2/c1-15-12-8-10-4-2-3-5-11(10)13(16-12)6-7-14-9-13/h2-5,12,14H,6-9H2,1H3/t12-,13+/m1/s1. The molecule has 86 valence electrons. The average Bonchev–Trinajstić information content (AvgIpc) is 2.78. The van der Waals surface area contributed by atoms with E-state index in [4.69, 9.17) is 9.47 Å². The molecule has 3 rings (SSSR count). The molecule has 1 spiro atoms. The van der Waals surface area contributed by atoms with Crippen LogP contribution >= 0.6 is 0 Å². The SMILES string of the molecule is CO[C@H]1Cc2ccccc2[C@@]2(CCNC2)O1. The van der Waals surface area contributed by atoms with Crippen LogP contribution in [0.1, 0.15) is 17.5 Å². The van der Waals surface area contributed by atoms with Crippen molar-refractivity contribution in [3.8, 4) is 0 Å². The zero-order valence-electron chi connectivity index (χ0n) is 9.53. The highest BCUT2D eigenvalue weighted by Gasteiger charge is 2.43. The van der Waals surface area contributed by atoms with E-state index in [1.165, 1.54) is 11.1 Å². The van der Waals surface area contributed by atoms with Crippen LogP contribution < -0.4 is 5.32 Å². The Morgan fingerprint density at radius 1 is 1.44 bits per heavy atom. The van der Waals surface area contributed by atoms with Crippen LogP contribution in [0.4, 0.5) is 0 Å². The van der Waals surface area contributed by atoms with Crippen LogP contribution in [0.25, 0.3) is 0 Å². The second kappa shape index (κ2) is 3.84. The lowest BCUT2D eigenvalue weighted by atomic mass is 9.85. The van der Waals surface area contributed by atoms with Crippen LogP contribution in [0.5, 0.6) is 0 Å². The molecular formula is C13H17NO2. The predicted octanol–water partition coefficient (Wildman–Crippen LogP) is 1.42. The topological polar surface area (TPSA) is 30.5 Å². The van der Waals surface area contributed by atoms with E-state index in [0.717, 1.165) is 25.9 Å². The van der Waals surface area contributed by atoms with Gasteiger partial charge in [-0.05, 0) is 24.1 Å². The molecule has 0 saturated carbocycles. The Kier molecular flexibility index (Phi) is 2.46. The monoisotopic (exact) mass is 219 g/mol. The van der Waals surface area contributed by atoms with Crippen molar-refractivity contribution >= 4 is 0 Å². The summed E-state index contributed by atoms with van der Waals surface area (Å²) in [7, 11) is 1.72. The second-order valence-electron chi connectivity index (χ2n) is 4.57. The van der Waals surface area contributed by atoms with E-state index in [1.54, 1.807) is 7.11 Å². The summed E-state index contributed by atoms with van der Waals surface area (Å²) in [6.07, 6.45) is 1.79. The first-order chi connectivity index (χ1) is 7.84. The summed E-state index contributed by atoms with van der Waals surface area (Å²) < 4.78 is 11.5. The molecule has 3 heteroatoms. The van der Waals surface area contributed by atoms with E-state index in [9.17, 15) is 0 Å². The Hall–Kier alpha value is -0.900. The van der Waals surface area contributed by atoms with E-state index in [0.29, 0.717) is 0 Å². The van der Waals surface area contributed by atoms with Crippen molar-refractivity contribution in [3.63, 3.8) is 0 Å². The van der Waals surface area contributed by atoms with Gasteiger partial charge in [-0.2, -0.15) is 0 Å². The number of hydrogen-bond donors (Lipinski definition) is 1. The smallest absolute Gasteiger partial charge is 0.162 e. The number of rotatable bonds is 1. The van der Waals surface area contributed by atoms with Gasteiger partial charge in [0.25, 0.3) is 0 Å². The Balaban J connectivity index is 2.05. The van der Waals surface area contributed by atoms with Crippen LogP contribution in [0.2, 0.25) is 0 Å². The molecule has 2 heterocycles. The molecule has 1 aromatic carbocycles. The van der Waals surface area contributed by atoms with Gasteiger partial charge in [0, 0.05) is 20.1 Å². The summed E-state index contributed by atoms with van der Waals surface area (Å²) in [4.78, 5) is 0. The molecule has 1 fully saturated rings. The molecule has 1 saturated heterocycles. The minimum Gasteiger partial charge on any atom is -0.355 e. The van der Waals surface area contributed by atoms with Gasteiger partial charge in [0.15, 0.2) is 6.29 Å². The summed E-state index contributed by atoms with van der Waals surface area (Å²) in [5, 5.41) is 3.39. The number of ether oxygens (including phenoxy) is 2. The number of nitrogens with one attached hydrogen (secondary N) is 1. The van der Waals surface area contributed by atoms with Crippen LogP contribution in [0.3, 0.4) is 0 Å². The van der Waals surface area contributed by atoms with Crippen molar-refractivity contribution in [2.45, 2.75) is 24.7 Å². The molecule has 0 radical (unpaired) electrons. The lowest BCUT2D eigenvalue weighted by molar-refractivity contribution is -0.206. The predicted molar refractivity (Wildman–Crippen MR) is 61.2 cm³/mol. The quantitative estimate of drug-likeness (QED) is 0.775. The van der Waals surface area contributed by atoms with Crippen molar-refractivity contribution in [2.75, 3.05) is 20.2 Å². The summed E-state index contributed by atoms with van der Waals surface area (Å²) in [6.45, 7) is 1.91. The third-order valence-corrected chi connectivity index (χ3v) is 3.63. The third kappa shape index (κ3) is 1.47. The van der Waals surface area contributed by atoms with Gasteiger partial charge in [-0.25, -0.2) is 0 Å². The maximum Gasteiger partial charge on any atom is 0.162 e. The van der Waals surface area contributed by atoms with Crippen molar-refractivity contribution in [1.29, 1.82) is 0 Å². The summed E-state index contributed by atoms with van der Waals surface area (Å²) in [6, 6.07) is 8.56. The molecule has 0 bridgehead atoms. The normalized spacial score (nSPS) is 32.9. The first kappa shape index (κ1) is 10.3. The van der Waals surface area contributed by atoms with Crippen LogP contribution in [0, 0.1) is 0 Å². The highest BCUT2D eigenvalue weighted by atomic mass is 16.7. The minimum atomic E-state index is -0.157. The second-order valence-corrected chi connectivity index (χ2v) is 4.57. The number of fused-ring (bicyclic) bond motifs is 2. The lowest BCUT2D eigenvalue weighted by Crippen LogP contribution is -2.42. The van der Waals surface area contributed by atoms with Gasteiger partial charge in [-0.1, -0.05) is 24.3 Å². The van der Waals surface area contributed by atoms with E-state index >= 15 is 0 Å². The molecule has 16 heavy (non-hydrogen) atoms. The van der Waals surface area contributed by atoms with Gasteiger partial charge in [0.05, 0.1) is 0 Å². The number of benzene rings is 1. The molecule has 0 aromatic heterocycles. The molecule has 0 aliphatic carbocycles. The zero-order valence-corrected chi connectivity index (χ0v) is 9.53. The Bertz CT molecular complexity index is 385. The molecule has 0 amide bonds. The molecule has 1 aromatic rings. The molecule has 2 atom stereocenters. The molecule has 2 aliphatic heterocycles. The zero-order chi connectivity index (χ0) is 11.0. The van der Waals surface area contributed by atoms with E-state index in [2.05, 4.69) is 29.6 Å². The van der Waals surface area contributed by atoms with Gasteiger partial charge < -0.3 is 14.8 Å². The number of methoxy groups -OCH3 is 1. The summed E-state index contributed by atoms with van der Waals surface area (Å²) in [5.41, 5.74) is 2.55. The largest absolute Gasteiger partial charge is 0.355 e. The first-order valence-corrected chi connectivity index (χ1v) is 5.84. The minimum absolute atomic E-state index is 0.102. The average molecular weight is 219 g/mol. The van der Waals surface area contributed by atoms with Crippen molar-refractivity contribution < 1.29 is 9.47 Å². The molecular weight excluding hydrogens is 202 g/mol. The lowest BCUT2D eigenvalue weighted by Gasteiger charge is -2.39. The highest BCUT2D eigenvalue weighted by Crippen LogP contribution is 2.39. The third-order valence-electron chi connectivity index (χ3n) is 3.63. The first-order valence-electron chi connectivity index (χ1n) is 5.84. The molecule has 1 N–H and O–H groups in total. The molecule has 3 nitrogen and oxygen atoms in total. The van der Waals surface area contributed by atoms with Gasteiger partial charge in [-0.15, -0.1) is 0 Å². The van der Waals surface area contributed by atoms with Crippen molar-refractivity contribution in [1.82, 2.24) is 5.32 Å². The van der Waals surface area contributed by atoms with Crippen LogP contribution in [-0.4, -0.2) is 26.5 Å². The van der Waals surface area contributed by atoms with Gasteiger partial charge in [0.1, 0.15) is 5.60 Å². The highest BCUT2D eigenvalue weighted by molar-refractivity contribution is 5.36. The van der Waals surface area contributed by atoms with E-state index < -0.39 is 0 Å². The van der Waals surface area contributed by atoms with Gasteiger partial charge >= 0.3 is 0 Å². The Morgan fingerprint density at radius 3 is 3.06 bits per heavy atom. The Labute approximate surface area is 95.8 Å². The molecule has 0 unspecified atom stereocenters.